The molecule has 0 spiro atoms. The summed E-state index contributed by atoms with van der Waals surface area (Å²) in [4.78, 5) is 4.95. The Balaban J connectivity index is 1.95. The van der Waals surface area contributed by atoms with Crippen molar-refractivity contribution in [2.75, 3.05) is 50.9 Å². The first-order valence-corrected chi connectivity index (χ1v) is 10.4. The van der Waals surface area contributed by atoms with E-state index in [-0.39, 0.29) is 5.75 Å². The molecule has 0 N–H and O–H groups in total. The number of nitrogens with zero attached hydrogens (tertiary/aromatic N) is 3. The van der Waals surface area contributed by atoms with E-state index >= 15 is 0 Å². The topological polar surface area (TPSA) is 43.9 Å². The van der Waals surface area contributed by atoms with Gasteiger partial charge in [0.25, 0.3) is 0 Å². The molecule has 134 valence electrons. The Kier molecular flexibility index (Phi) is 6.60. The Morgan fingerprint density at radius 1 is 1.12 bits per heavy atom. The van der Waals surface area contributed by atoms with Gasteiger partial charge in [0.15, 0.2) is 0 Å². The largest absolute Gasteiger partial charge is 0.378 e. The fraction of sp³-hybridized carbons (Fsp3) is 0.588. The first kappa shape index (κ1) is 19.1. The summed E-state index contributed by atoms with van der Waals surface area (Å²) >= 11 is 5.60. The number of anilines is 1. The van der Waals surface area contributed by atoms with Gasteiger partial charge >= 0.3 is 0 Å². The van der Waals surface area contributed by atoms with Crippen LogP contribution in [0.25, 0.3) is 0 Å². The number of rotatable bonds is 6. The fourth-order valence-corrected chi connectivity index (χ4v) is 4.66. The van der Waals surface area contributed by atoms with Gasteiger partial charge in [0.05, 0.1) is 5.75 Å². The molecule has 1 aromatic rings. The van der Waals surface area contributed by atoms with Crippen molar-refractivity contribution in [3.8, 4) is 0 Å². The van der Waals surface area contributed by atoms with E-state index in [1.165, 1.54) is 0 Å². The predicted molar refractivity (Wildman–Crippen MR) is 104 cm³/mol. The average Bonchev–Trinajstić information content (AvgIpc) is 2.59. The number of hydrogen-bond acceptors (Lipinski definition) is 4. The van der Waals surface area contributed by atoms with E-state index in [9.17, 15) is 8.42 Å². The standard InChI is InChI=1S/C17H27N3O2S2/c1-4-5-14-24(21,22)20-12-10-19(11-13-20)17(23)15-6-8-16(9-7-15)18(2)3/h6-9H,4-5,10-14H2,1-3H3. The summed E-state index contributed by atoms with van der Waals surface area (Å²) in [6, 6.07) is 8.16. The SMILES string of the molecule is CCCCS(=O)(=O)N1CCN(C(=S)c2ccc(N(C)C)cc2)CC1. The van der Waals surface area contributed by atoms with Crippen LogP contribution in [0.3, 0.4) is 0 Å². The quantitative estimate of drug-likeness (QED) is 0.719. The first-order chi connectivity index (χ1) is 11.3. The van der Waals surface area contributed by atoms with Gasteiger partial charge in [-0.15, -0.1) is 0 Å². The van der Waals surface area contributed by atoms with E-state index in [1.807, 2.05) is 50.2 Å². The number of thiocarbonyl (C=S) groups is 1. The predicted octanol–water partition coefficient (Wildman–Crippen LogP) is 2.18. The summed E-state index contributed by atoms with van der Waals surface area (Å²) in [6.07, 6.45) is 1.62. The number of hydrogen-bond donors (Lipinski definition) is 0. The van der Waals surface area contributed by atoms with Gasteiger partial charge in [0.1, 0.15) is 4.99 Å². The lowest BCUT2D eigenvalue weighted by atomic mass is 10.1. The third kappa shape index (κ3) is 4.68. The zero-order valence-corrected chi connectivity index (χ0v) is 16.4. The van der Waals surface area contributed by atoms with E-state index in [2.05, 4.69) is 4.90 Å². The molecule has 0 bridgehead atoms. The van der Waals surface area contributed by atoms with Crippen LogP contribution in [-0.4, -0.2) is 68.6 Å². The van der Waals surface area contributed by atoms with Crippen molar-refractivity contribution in [2.24, 2.45) is 0 Å². The highest BCUT2D eigenvalue weighted by Gasteiger charge is 2.27. The lowest BCUT2D eigenvalue weighted by Crippen LogP contribution is -2.50. The zero-order valence-electron chi connectivity index (χ0n) is 14.7. The van der Waals surface area contributed by atoms with Crippen molar-refractivity contribution in [1.82, 2.24) is 9.21 Å². The molecule has 1 fully saturated rings. The Morgan fingerprint density at radius 2 is 1.71 bits per heavy atom. The smallest absolute Gasteiger partial charge is 0.214 e. The van der Waals surface area contributed by atoms with Gasteiger partial charge in [-0.25, -0.2) is 8.42 Å². The van der Waals surface area contributed by atoms with Gasteiger partial charge in [0, 0.05) is 51.5 Å². The van der Waals surface area contributed by atoms with E-state index in [0.717, 1.165) is 29.1 Å². The molecule has 0 radical (unpaired) electrons. The second-order valence-corrected chi connectivity index (χ2v) is 8.78. The molecule has 5 nitrogen and oxygen atoms in total. The average molecular weight is 370 g/mol. The molecule has 0 aromatic heterocycles. The number of sulfonamides is 1. The highest BCUT2D eigenvalue weighted by molar-refractivity contribution is 7.89. The molecule has 7 heteroatoms. The molecule has 0 amide bonds. The van der Waals surface area contributed by atoms with Gasteiger partial charge in [-0.05, 0) is 30.7 Å². The van der Waals surface area contributed by atoms with Crippen LogP contribution >= 0.6 is 12.2 Å². The minimum absolute atomic E-state index is 0.250. The van der Waals surface area contributed by atoms with Crippen LogP contribution in [-0.2, 0) is 10.0 Å². The molecule has 1 aliphatic rings. The molecule has 0 atom stereocenters. The molecule has 1 saturated heterocycles. The molecule has 24 heavy (non-hydrogen) atoms. The maximum atomic E-state index is 12.3. The number of piperazine rings is 1. The summed E-state index contributed by atoms with van der Waals surface area (Å²) in [5.74, 6) is 0.250. The van der Waals surface area contributed by atoms with Crippen LogP contribution in [0.5, 0.6) is 0 Å². The first-order valence-electron chi connectivity index (χ1n) is 8.39. The van der Waals surface area contributed by atoms with Gasteiger partial charge in [-0.3, -0.25) is 0 Å². The zero-order chi connectivity index (χ0) is 17.7. The molecular formula is C17H27N3O2S2. The Morgan fingerprint density at radius 3 is 2.21 bits per heavy atom. The minimum Gasteiger partial charge on any atom is -0.378 e. The molecular weight excluding hydrogens is 342 g/mol. The summed E-state index contributed by atoms with van der Waals surface area (Å²) in [6.45, 7) is 4.34. The van der Waals surface area contributed by atoms with Crippen LogP contribution < -0.4 is 4.90 Å². The van der Waals surface area contributed by atoms with Gasteiger partial charge in [0.2, 0.25) is 10.0 Å². The van der Waals surface area contributed by atoms with Crippen molar-refractivity contribution in [3.05, 3.63) is 29.8 Å². The molecule has 1 aliphatic heterocycles. The Hall–Kier alpha value is -1.18. The van der Waals surface area contributed by atoms with Crippen molar-refractivity contribution in [1.29, 1.82) is 0 Å². The highest BCUT2D eigenvalue weighted by Crippen LogP contribution is 2.17. The molecule has 2 rings (SSSR count). The fourth-order valence-electron chi connectivity index (χ4n) is 2.71. The van der Waals surface area contributed by atoms with Crippen LogP contribution in [0.1, 0.15) is 25.3 Å². The maximum Gasteiger partial charge on any atom is 0.214 e. The van der Waals surface area contributed by atoms with Crippen molar-refractivity contribution >= 4 is 32.9 Å². The van der Waals surface area contributed by atoms with Crippen LogP contribution in [0.15, 0.2) is 24.3 Å². The molecule has 1 heterocycles. The lowest BCUT2D eigenvalue weighted by Gasteiger charge is -2.35. The van der Waals surface area contributed by atoms with Crippen LogP contribution in [0, 0.1) is 0 Å². The third-order valence-electron chi connectivity index (χ3n) is 4.31. The van der Waals surface area contributed by atoms with Gasteiger partial charge < -0.3 is 9.80 Å². The summed E-state index contributed by atoms with van der Waals surface area (Å²) < 4.78 is 26.1. The van der Waals surface area contributed by atoms with E-state index in [0.29, 0.717) is 26.2 Å². The second kappa shape index (κ2) is 8.27. The molecule has 0 unspecified atom stereocenters. The highest BCUT2D eigenvalue weighted by atomic mass is 32.2. The molecule has 0 saturated carbocycles. The van der Waals surface area contributed by atoms with Crippen LogP contribution in [0.4, 0.5) is 5.69 Å². The Labute approximate surface area is 151 Å². The van der Waals surface area contributed by atoms with E-state index < -0.39 is 10.0 Å². The summed E-state index contributed by atoms with van der Waals surface area (Å²) in [5, 5.41) is 0. The van der Waals surface area contributed by atoms with Crippen molar-refractivity contribution < 1.29 is 8.42 Å². The Bertz CT molecular complexity index is 649. The monoisotopic (exact) mass is 369 g/mol. The van der Waals surface area contributed by atoms with Gasteiger partial charge in [-0.2, -0.15) is 4.31 Å². The van der Waals surface area contributed by atoms with Gasteiger partial charge in [-0.1, -0.05) is 25.6 Å². The summed E-state index contributed by atoms with van der Waals surface area (Å²) in [5.41, 5.74) is 2.14. The third-order valence-corrected chi connectivity index (χ3v) is 6.76. The second-order valence-electron chi connectivity index (χ2n) is 6.30. The molecule has 1 aromatic carbocycles. The lowest BCUT2D eigenvalue weighted by molar-refractivity contribution is 0.269. The normalized spacial score (nSPS) is 16.2. The molecule has 0 aliphatic carbocycles. The van der Waals surface area contributed by atoms with Crippen molar-refractivity contribution in [3.63, 3.8) is 0 Å². The summed E-state index contributed by atoms with van der Waals surface area (Å²) in [7, 11) is 0.894. The van der Waals surface area contributed by atoms with E-state index in [1.54, 1.807) is 4.31 Å². The number of benzene rings is 1. The number of unbranched alkanes of at least 4 members (excludes halogenated alkanes) is 1. The van der Waals surface area contributed by atoms with E-state index in [4.69, 9.17) is 12.2 Å². The van der Waals surface area contributed by atoms with Crippen molar-refractivity contribution in [2.45, 2.75) is 19.8 Å². The van der Waals surface area contributed by atoms with Crippen LogP contribution in [0.2, 0.25) is 0 Å². The minimum atomic E-state index is -3.12. The maximum absolute atomic E-state index is 12.3.